The molecule has 32 heavy (non-hydrogen) atoms. The van der Waals surface area contributed by atoms with Crippen molar-refractivity contribution in [3.8, 4) is 0 Å². The lowest BCUT2D eigenvalue weighted by atomic mass is 10.1. The van der Waals surface area contributed by atoms with E-state index in [4.69, 9.17) is 9.84 Å². The molecular weight excluding hydrogens is 412 g/mol. The van der Waals surface area contributed by atoms with Crippen molar-refractivity contribution in [3.05, 3.63) is 65.0 Å². The van der Waals surface area contributed by atoms with E-state index in [1.54, 1.807) is 6.07 Å². The van der Waals surface area contributed by atoms with Crippen LogP contribution < -0.4 is 10.6 Å². The number of carbonyl (C=O) groups is 3. The van der Waals surface area contributed by atoms with E-state index >= 15 is 0 Å². The highest BCUT2D eigenvalue weighted by molar-refractivity contribution is 5.98. The Balaban J connectivity index is 1.59. The van der Waals surface area contributed by atoms with Gasteiger partial charge in [0, 0.05) is 37.8 Å². The molecule has 1 unspecified atom stereocenters. The first-order valence-corrected chi connectivity index (χ1v) is 10.6. The molecule has 1 aromatic carbocycles. The third kappa shape index (κ3) is 6.52. The number of hydrogen-bond donors (Lipinski definition) is 3. The summed E-state index contributed by atoms with van der Waals surface area (Å²) < 4.78 is 5.61. The first kappa shape index (κ1) is 23.2. The lowest BCUT2D eigenvalue weighted by Crippen LogP contribution is -2.45. The van der Waals surface area contributed by atoms with Crippen LogP contribution in [0.3, 0.4) is 0 Å². The number of nitrogens with one attached hydrogen (secondary N) is 2. The van der Waals surface area contributed by atoms with Crippen LogP contribution in [0, 0.1) is 0 Å². The third-order valence-corrected chi connectivity index (χ3v) is 5.23. The van der Waals surface area contributed by atoms with Gasteiger partial charge in [-0.25, -0.2) is 9.78 Å². The highest BCUT2D eigenvalue weighted by atomic mass is 16.5. The molecule has 1 aliphatic rings. The van der Waals surface area contributed by atoms with Crippen LogP contribution in [0.4, 0.5) is 4.79 Å². The van der Waals surface area contributed by atoms with E-state index in [9.17, 15) is 14.4 Å². The molecule has 0 aliphatic carbocycles. The van der Waals surface area contributed by atoms with Gasteiger partial charge in [-0.2, -0.15) is 0 Å². The van der Waals surface area contributed by atoms with Crippen LogP contribution in [0.5, 0.6) is 0 Å². The molecule has 1 atom stereocenters. The second-order valence-electron chi connectivity index (χ2n) is 7.59. The van der Waals surface area contributed by atoms with Crippen molar-refractivity contribution in [2.75, 3.05) is 33.3 Å². The number of carboxylic acid groups (broad SMARTS) is 1. The fourth-order valence-corrected chi connectivity index (χ4v) is 3.56. The average Bonchev–Trinajstić information content (AvgIpc) is 2.81. The smallest absolute Gasteiger partial charge is 0.407 e. The molecule has 3 amide bonds. The van der Waals surface area contributed by atoms with E-state index in [1.165, 1.54) is 18.0 Å². The SMILES string of the molecule is CNC(=O)c1cc(C(=O)NCCCC2CN(C(=O)O)CCO2)cc(Cc2ccccc2)n1. The molecule has 9 heteroatoms. The summed E-state index contributed by atoms with van der Waals surface area (Å²) in [6.45, 7) is 1.51. The maximum atomic E-state index is 12.7. The number of ether oxygens (including phenoxy) is 1. The normalized spacial score (nSPS) is 15.8. The number of nitrogens with zero attached hydrogens (tertiary/aromatic N) is 2. The number of hydrogen-bond acceptors (Lipinski definition) is 5. The Hall–Kier alpha value is -3.46. The summed E-state index contributed by atoms with van der Waals surface area (Å²) in [6, 6.07) is 12.9. The van der Waals surface area contributed by atoms with Crippen molar-refractivity contribution in [2.24, 2.45) is 0 Å². The third-order valence-electron chi connectivity index (χ3n) is 5.23. The van der Waals surface area contributed by atoms with Crippen LogP contribution in [0.1, 0.15) is 44.9 Å². The average molecular weight is 441 g/mol. The number of aromatic nitrogens is 1. The van der Waals surface area contributed by atoms with Crippen LogP contribution in [-0.2, 0) is 11.2 Å². The van der Waals surface area contributed by atoms with Crippen LogP contribution in [0.15, 0.2) is 42.5 Å². The van der Waals surface area contributed by atoms with Gasteiger partial charge in [-0.1, -0.05) is 30.3 Å². The lowest BCUT2D eigenvalue weighted by molar-refractivity contribution is -0.0259. The number of carbonyl (C=O) groups excluding carboxylic acids is 2. The van der Waals surface area contributed by atoms with E-state index in [-0.39, 0.29) is 23.6 Å². The zero-order valence-electron chi connectivity index (χ0n) is 18.0. The van der Waals surface area contributed by atoms with E-state index in [0.29, 0.717) is 56.8 Å². The van der Waals surface area contributed by atoms with Gasteiger partial charge in [0.25, 0.3) is 11.8 Å². The van der Waals surface area contributed by atoms with Crippen molar-refractivity contribution in [1.82, 2.24) is 20.5 Å². The van der Waals surface area contributed by atoms with Crippen LogP contribution >= 0.6 is 0 Å². The Morgan fingerprint density at radius 3 is 2.69 bits per heavy atom. The minimum Gasteiger partial charge on any atom is -0.465 e. The number of benzene rings is 1. The van der Waals surface area contributed by atoms with Gasteiger partial charge >= 0.3 is 6.09 Å². The lowest BCUT2D eigenvalue weighted by Gasteiger charge is -2.31. The molecule has 0 saturated carbocycles. The summed E-state index contributed by atoms with van der Waals surface area (Å²) >= 11 is 0. The molecule has 1 aromatic heterocycles. The van der Waals surface area contributed by atoms with E-state index in [1.807, 2.05) is 30.3 Å². The Labute approximate surface area is 186 Å². The van der Waals surface area contributed by atoms with E-state index in [2.05, 4.69) is 15.6 Å². The van der Waals surface area contributed by atoms with Crippen molar-refractivity contribution in [1.29, 1.82) is 0 Å². The van der Waals surface area contributed by atoms with Crippen molar-refractivity contribution < 1.29 is 24.2 Å². The summed E-state index contributed by atoms with van der Waals surface area (Å²) in [5.41, 5.74) is 2.22. The van der Waals surface area contributed by atoms with Crippen LogP contribution in [0.25, 0.3) is 0 Å². The number of amides is 3. The Morgan fingerprint density at radius 2 is 1.97 bits per heavy atom. The molecule has 170 valence electrons. The van der Waals surface area contributed by atoms with Gasteiger partial charge in [-0.05, 0) is 30.5 Å². The molecule has 2 aromatic rings. The van der Waals surface area contributed by atoms with E-state index < -0.39 is 6.09 Å². The minimum absolute atomic E-state index is 0.171. The molecule has 0 spiro atoms. The zero-order valence-corrected chi connectivity index (χ0v) is 18.0. The summed E-state index contributed by atoms with van der Waals surface area (Å²) in [5, 5.41) is 14.5. The molecule has 1 fully saturated rings. The summed E-state index contributed by atoms with van der Waals surface area (Å²) in [5.74, 6) is -0.644. The summed E-state index contributed by atoms with van der Waals surface area (Å²) in [6.07, 6.45) is 0.681. The first-order valence-electron chi connectivity index (χ1n) is 10.6. The largest absolute Gasteiger partial charge is 0.465 e. The van der Waals surface area contributed by atoms with Gasteiger partial charge in [0.1, 0.15) is 5.69 Å². The van der Waals surface area contributed by atoms with Gasteiger partial charge in [0.15, 0.2) is 0 Å². The van der Waals surface area contributed by atoms with Crippen molar-refractivity contribution in [3.63, 3.8) is 0 Å². The maximum Gasteiger partial charge on any atom is 0.407 e. The van der Waals surface area contributed by atoms with Crippen molar-refractivity contribution in [2.45, 2.75) is 25.4 Å². The summed E-state index contributed by atoms with van der Waals surface area (Å²) in [7, 11) is 1.52. The fraction of sp³-hybridized carbons (Fsp3) is 0.391. The first-order chi connectivity index (χ1) is 15.5. The highest BCUT2D eigenvalue weighted by Gasteiger charge is 2.23. The molecule has 1 aliphatic heterocycles. The predicted molar refractivity (Wildman–Crippen MR) is 118 cm³/mol. The second kappa shape index (κ2) is 11.2. The Kier molecular flexibility index (Phi) is 8.15. The molecule has 2 heterocycles. The van der Waals surface area contributed by atoms with Gasteiger partial charge in [-0.3, -0.25) is 9.59 Å². The molecule has 0 radical (unpaired) electrons. The molecule has 9 nitrogen and oxygen atoms in total. The number of morpholine rings is 1. The monoisotopic (exact) mass is 440 g/mol. The summed E-state index contributed by atoms with van der Waals surface area (Å²) in [4.78, 5) is 41.7. The number of rotatable bonds is 8. The maximum absolute atomic E-state index is 12.7. The minimum atomic E-state index is -0.942. The van der Waals surface area contributed by atoms with Crippen molar-refractivity contribution >= 4 is 17.9 Å². The molecule has 3 N–H and O–H groups in total. The second-order valence-corrected chi connectivity index (χ2v) is 7.59. The Bertz CT molecular complexity index is 951. The Morgan fingerprint density at radius 1 is 1.19 bits per heavy atom. The molecular formula is C23H28N4O5. The molecule has 0 bridgehead atoms. The van der Waals surface area contributed by atoms with Crippen LogP contribution in [0.2, 0.25) is 0 Å². The van der Waals surface area contributed by atoms with Gasteiger partial charge in [-0.15, -0.1) is 0 Å². The van der Waals surface area contributed by atoms with Crippen LogP contribution in [-0.4, -0.2) is 72.3 Å². The van der Waals surface area contributed by atoms with Gasteiger partial charge < -0.3 is 25.4 Å². The fourth-order valence-electron chi connectivity index (χ4n) is 3.56. The molecule has 1 saturated heterocycles. The standard InChI is InChI=1S/C23H28N4O5/c1-24-22(29)20-14-17(13-18(26-20)12-16-6-3-2-4-7-16)21(28)25-9-5-8-19-15-27(23(30)31)10-11-32-19/h2-4,6-7,13-14,19H,5,8-12,15H2,1H3,(H,24,29)(H,25,28)(H,30,31). The topological polar surface area (TPSA) is 121 Å². The van der Waals surface area contributed by atoms with Gasteiger partial charge in [0.2, 0.25) is 0 Å². The zero-order chi connectivity index (χ0) is 22.9. The number of pyridine rings is 1. The van der Waals surface area contributed by atoms with Gasteiger partial charge in [0.05, 0.1) is 19.3 Å². The molecule has 3 rings (SSSR count). The highest BCUT2D eigenvalue weighted by Crippen LogP contribution is 2.13. The quantitative estimate of drug-likeness (QED) is 0.540. The van der Waals surface area contributed by atoms with E-state index in [0.717, 1.165) is 5.56 Å². The predicted octanol–water partition coefficient (Wildman–Crippen LogP) is 1.92.